The Balaban J connectivity index is 3.29. The molecule has 0 amide bonds. The van der Waals surface area contributed by atoms with Gasteiger partial charge >= 0.3 is 0 Å². The van der Waals surface area contributed by atoms with Crippen LogP contribution >= 0.6 is 0 Å². The Morgan fingerprint density at radius 2 is 1.91 bits per heavy atom. The van der Waals surface area contributed by atoms with E-state index in [-0.39, 0.29) is 5.82 Å². The van der Waals surface area contributed by atoms with E-state index in [0.29, 0.717) is 11.1 Å². The molecule has 1 aromatic rings. The first-order valence-corrected chi connectivity index (χ1v) is 3.47. The maximum absolute atomic E-state index is 12.8. The highest BCUT2D eigenvalue weighted by atomic mass is 19.1. The third-order valence-electron chi connectivity index (χ3n) is 1.90. The molecule has 0 unspecified atom stereocenters. The summed E-state index contributed by atoms with van der Waals surface area (Å²) in [6.07, 6.45) is 0. The van der Waals surface area contributed by atoms with Crippen LogP contribution in [0.25, 0.3) is 0 Å². The maximum atomic E-state index is 12.8. The van der Waals surface area contributed by atoms with Gasteiger partial charge in [-0.1, -0.05) is 6.07 Å². The summed E-state index contributed by atoms with van der Waals surface area (Å²) < 4.78 is 25.0. The standard InChI is InChI=1S/C9H10F2/c1-6-3-4-9(11)7(2)8(6)5-10/h3-4H,5H2,1-2H3. The molecule has 0 aliphatic rings. The Morgan fingerprint density at radius 1 is 1.27 bits per heavy atom. The van der Waals surface area contributed by atoms with Crippen molar-refractivity contribution in [3.05, 3.63) is 34.6 Å². The van der Waals surface area contributed by atoms with Gasteiger partial charge in [0.1, 0.15) is 12.5 Å². The molecule has 0 saturated heterocycles. The van der Waals surface area contributed by atoms with E-state index >= 15 is 0 Å². The van der Waals surface area contributed by atoms with E-state index in [2.05, 4.69) is 0 Å². The first-order chi connectivity index (χ1) is 5.16. The summed E-state index contributed by atoms with van der Waals surface area (Å²) in [5.74, 6) is -0.330. The van der Waals surface area contributed by atoms with Crippen LogP contribution in [0.3, 0.4) is 0 Å². The van der Waals surface area contributed by atoms with Crippen LogP contribution in [-0.4, -0.2) is 0 Å². The minimum Gasteiger partial charge on any atom is -0.246 e. The van der Waals surface area contributed by atoms with Gasteiger partial charge < -0.3 is 0 Å². The van der Waals surface area contributed by atoms with Crippen LogP contribution in [-0.2, 0) is 6.67 Å². The van der Waals surface area contributed by atoms with Gasteiger partial charge in [-0.2, -0.15) is 0 Å². The molecule has 11 heavy (non-hydrogen) atoms. The van der Waals surface area contributed by atoms with Crippen molar-refractivity contribution < 1.29 is 8.78 Å². The molecule has 0 radical (unpaired) electrons. The van der Waals surface area contributed by atoms with Crippen molar-refractivity contribution in [1.82, 2.24) is 0 Å². The predicted octanol–water partition coefficient (Wildman–Crippen LogP) is 2.91. The number of rotatable bonds is 1. The second-order valence-corrected chi connectivity index (χ2v) is 2.60. The molecule has 0 atom stereocenters. The predicted molar refractivity (Wildman–Crippen MR) is 40.7 cm³/mol. The second-order valence-electron chi connectivity index (χ2n) is 2.60. The number of alkyl halides is 1. The minimum atomic E-state index is -0.588. The first-order valence-electron chi connectivity index (χ1n) is 3.47. The third-order valence-corrected chi connectivity index (χ3v) is 1.90. The smallest absolute Gasteiger partial charge is 0.126 e. The highest BCUT2D eigenvalue weighted by Crippen LogP contribution is 2.17. The molecule has 1 rings (SSSR count). The van der Waals surface area contributed by atoms with Gasteiger partial charge in [-0.15, -0.1) is 0 Å². The van der Waals surface area contributed by atoms with E-state index in [9.17, 15) is 8.78 Å². The Kier molecular flexibility index (Phi) is 2.22. The van der Waals surface area contributed by atoms with E-state index in [1.165, 1.54) is 6.07 Å². The summed E-state index contributed by atoms with van der Waals surface area (Å²) in [6, 6.07) is 2.96. The quantitative estimate of drug-likeness (QED) is 0.586. The van der Waals surface area contributed by atoms with Gasteiger partial charge in [0.25, 0.3) is 0 Å². The van der Waals surface area contributed by atoms with E-state index < -0.39 is 6.67 Å². The van der Waals surface area contributed by atoms with Crippen LogP contribution < -0.4 is 0 Å². The Bertz CT molecular complexity index is 267. The minimum absolute atomic E-state index is 0.330. The summed E-state index contributed by atoms with van der Waals surface area (Å²) in [5, 5.41) is 0. The van der Waals surface area contributed by atoms with E-state index in [1.807, 2.05) is 0 Å². The normalized spacial score (nSPS) is 10.2. The van der Waals surface area contributed by atoms with Crippen LogP contribution in [0.1, 0.15) is 16.7 Å². The van der Waals surface area contributed by atoms with Crippen molar-refractivity contribution in [2.45, 2.75) is 20.5 Å². The van der Waals surface area contributed by atoms with E-state index in [1.54, 1.807) is 19.9 Å². The van der Waals surface area contributed by atoms with Gasteiger partial charge in [0.2, 0.25) is 0 Å². The lowest BCUT2D eigenvalue weighted by atomic mass is 10.0. The number of hydrogen-bond acceptors (Lipinski definition) is 0. The van der Waals surface area contributed by atoms with Gasteiger partial charge in [-0.3, -0.25) is 0 Å². The van der Waals surface area contributed by atoms with Crippen LogP contribution in [0.4, 0.5) is 8.78 Å². The summed E-state index contributed by atoms with van der Waals surface area (Å²) >= 11 is 0. The van der Waals surface area contributed by atoms with Crippen molar-refractivity contribution in [2.75, 3.05) is 0 Å². The monoisotopic (exact) mass is 156 g/mol. The van der Waals surface area contributed by atoms with Crippen LogP contribution in [0.2, 0.25) is 0 Å². The Hall–Kier alpha value is -0.920. The largest absolute Gasteiger partial charge is 0.246 e. The molecule has 0 N–H and O–H groups in total. The van der Waals surface area contributed by atoms with Crippen LogP contribution in [0.5, 0.6) is 0 Å². The fourth-order valence-electron chi connectivity index (χ4n) is 1.07. The number of hydrogen-bond donors (Lipinski definition) is 0. The molecule has 0 fully saturated rings. The lowest BCUT2D eigenvalue weighted by Crippen LogP contribution is -1.93. The Morgan fingerprint density at radius 3 is 2.36 bits per heavy atom. The molecular formula is C9H10F2. The lowest BCUT2D eigenvalue weighted by molar-refractivity contribution is 0.478. The van der Waals surface area contributed by atoms with Gasteiger partial charge in [-0.05, 0) is 36.6 Å². The van der Waals surface area contributed by atoms with Crippen LogP contribution in [0.15, 0.2) is 12.1 Å². The van der Waals surface area contributed by atoms with Crippen molar-refractivity contribution in [3.63, 3.8) is 0 Å². The van der Waals surface area contributed by atoms with E-state index in [4.69, 9.17) is 0 Å². The molecule has 0 aliphatic carbocycles. The van der Waals surface area contributed by atoms with Gasteiger partial charge in [0.15, 0.2) is 0 Å². The topological polar surface area (TPSA) is 0 Å². The molecule has 0 spiro atoms. The first kappa shape index (κ1) is 8.18. The van der Waals surface area contributed by atoms with Crippen molar-refractivity contribution in [3.8, 4) is 0 Å². The molecular weight excluding hydrogens is 146 g/mol. The Labute approximate surface area is 64.9 Å². The summed E-state index contributed by atoms with van der Waals surface area (Å²) in [7, 11) is 0. The van der Waals surface area contributed by atoms with Crippen LogP contribution in [0, 0.1) is 19.7 Å². The average Bonchev–Trinajstić information content (AvgIpc) is 1.99. The highest BCUT2D eigenvalue weighted by molar-refractivity contribution is 5.33. The molecule has 0 heterocycles. The fraction of sp³-hybridized carbons (Fsp3) is 0.333. The summed E-state index contributed by atoms with van der Waals surface area (Å²) in [4.78, 5) is 0. The second kappa shape index (κ2) is 2.99. The van der Waals surface area contributed by atoms with Crippen molar-refractivity contribution in [2.24, 2.45) is 0 Å². The van der Waals surface area contributed by atoms with Gasteiger partial charge in [0, 0.05) is 0 Å². The lowest BCUT2D eigenvalue weighted by Gasteiger charge is -2.05. The fourth-order valence-corrected chi connectivity index (χ4v) is 1.07. The maximum Gasteiger partial charge on any atom is 0.126 e. The molecule has 1 aromatic carbocycles. The molecule has 60 valence electrons. The molecule has 2 heteroatoms. The zero-order chi connectivity index (χ0) is 8.43. The van der Waals surface area contributed by atoms with E-state index in [0.717, 1.165) is 5.56 Å². The highest BCUT2D eigenvalue weighted by Gasteiger charge is 2.05. The molecule has 0 aromatic heterocycles. The van der Waals surface area contributed by atoms with Gasteiger partial charge in [0.05, 0.1) is 0 Å². The zero-order valence-electron chi connectivity index (χ0n) is 6.62. The number of aryl methyl sites for hydroxylation is 1. The molecule has 0 aliphatic heterocycles. The van der Waals surface area contributed by atoms with Crippen molar-refractivity contribution in [1.29, 1.82) is 0 Å². The summed E-state index contributed by atoms with van der Waals surface area (Å²) in [5.41, 5.74) is 1.71. The average molecular weight is 156 g/mol. The number of halogens is 2. The van der Waals surface area contributed by atoms with Gasteiger partial charge in [-0.25, -0.2) is 8.78 Å². The SMILES string of the molecule is Cc1ccc(F)c(C)c1CF. The molecule has 0 bridgehead atoms. The summed E-state index contributed by atoms with van der Waals surface area (Å²) in [6.45, 7) is 2.79. The molecule has 0 nitrogen and oxygen atoms in total. The zero-order valence-corrected chi connectivity index (χ0v) is 6.62. The van der Waals surface area contributed by atoms with Crippen molar-refractivity contribution >= 4 is 0 Å². The number of benzene rings is 1. The molecule has 0 saturated carbocycles. The third kappa shape index (κ3) is 1.39.